The van der Waals surface area contributed by atoms with E-state index >= 15 is 0 Å². The van der Waals surface area contributed by atoms with E-state index in [2.05, 4.69) is 20.8 Å². The summed E-state index contributed by atoms with van der Waals surface area (Å²) in [6.07, 6.45) is 2.34. The first-order valence-corrected chi connectivity index (χ1v) is 7.58. The lowest BCUT2D eigenvalue weighted by Crippen LogP contribution is -2.39. The molecule has 1 amide bonds. The third-order valence-corrected chi connectivity index (χ3v) is 3.63. The van der Waals surface area contributed by atoms with Gasteiger partial charge in [0.25, 0.3) is 5.91 Å². The van der Waals surface area contributed by atoms with Gasteiger partial charge in [0.1, 0.15) is 5.75 Å². The molecule has 0 bridgehead atoms. The molecule has 0 N–H and O–H groups in total. The third-order valence-electron chi connectivity index (χ3n) is 3.63. The first-order valence-electron chi connectivity index (χ1n) is 7.58. The van der Waals surface area contributed by atoms with Crippen LogP contribution in [0.5, 0.6) is 5.75 Å². The molecule has 1 fully saturated rings. The molecule has 1 aromatic rings. The average Bonchev–Trinajstić information content (AvgIpc) is 2.45. The highest BCUT2D eigenvalue weighted by atomic mass is 16.5. The van der Waals surface area contributed by atoms with Crippen molar-refractivity contribution in [2.24, 2.45) is 11.8 Å². The minimum atomic E-state index is 0.145. The number of likely N-dealkylation sites (tertiary alicyclic amines) is 1. The molecule has 20 heavy (non-hydrogen) atoms. The average molecular weight is 275 g/mol. The fraction of sp³-hybridized carbons (Fsp3) is 0.588. The highest BCUT2D eigenvalue weighted by molar-refractivity contribution is 5.94. The maximum absolute atomic E-state index is 12.4. The number of ether oxygens (including phenoxy) is 1. The zero-order chi connectivity index (χ0) is 14.5. The molecule has 0 radical (unpaired) electrons. The molecular weight excluding hydrogens is 250 g/mol. The Kier molecular flexibility index (Phi) is 5.05. The van der Waals surface area contributed by atoms with Gasteiger partial charge < -0.3 is 9.64 Å². The van der Waals surface area contributed by atoms with Gasteiger partial charge in [-0.3, -0.25) is 4.79 Å². The summed E-state index contributed by atoms with van der Waals surface area (Å²) in [7, 11) is 0. The number of carbonyl (C=O) groups is 1. The molecule has 2 rings (SSSR count). The van der Waals surface area contributed by atoms with Crippen LogP contribution in [-0.2, 0) is 0 Å². The van der Waals surface area contributed by atoms with Gasteiger partial charge in [-0.15, -0.1) is 0 Å². The smallest absolute Gasteiger partial charge is 0.253 e. The third kappa shape index (κ3) is 3.99. The Hall–Kier alpha value is -1.51. The fourth-order valence-electron chi connectivity index (χ4n) is 2.51. The second-order valence-electron chi connectivity index (χ2n) is 6.23. The minimum Gasteiger partial charge on any atom is -0.493 e. The zero-order valence-corrected chi connectivity index (χ0v) is 12.8. The second-order valence-corrected chi connectivity index (χ2v) is 6.23. The lowest BCUT2D eigenvalue weighted by atomic mass is 9.99. The standard InChI is InChI=1S/C17H25NO2/c1-13(2)12-20-16-8-6-15(7-9-16)17(19)18-10-4-5-14(3)11-18/h6-9,13-14H,4-5,10-12H2,1-3H3/t14-/m0/s1. The van der Waals surface area contributed by atoms with Crippen molar-refractivity contribution in [3.8, 4) is 5.75 Å². The van der Waals surface area contributed by atoms with Gasteiger partial charge in [0.2, 0.25) is 0 Å². The van der Waals surface area contributed by atoms with Crippen LogP contribution in [0.4, 0.5) is 0 Å². The van der Waals surface area contributed by atoms with Crippen LogP contribution in [0.25, 0.3) is 0 Å². The Morgan fingerprint density at radius 1 is 1.35 bits per heavy atom. The van der Waals surface area contributed by atoms with Crippen LogP contribution in [-0.4, -0.2) is 30.5 Å². The van der Waals surface area contributed by atoms with E-state index < -0.39 is 0 Å². The van der Waals surface area contributed by atoms with Crippen LogP contribution in [0.2, 0.25) is 0 Å². The molecule has 3 nitrogen and oxygen atoms in total. The van der Waals surface area contributed by atoms with Crippen molar-refractivity contribution >= 4 is 5.91 Å². The highest BCUT2D eigenvalue weighted by Gasteiger charge is 2.21. The molecule has 0 spiro atoms. The number of nitrogens with zero attached hydrogens (tertiary/aromatic N) is 1. The van der Waals surface area contributed by atoms with Gasteiger partial charge in [-0.1, -0.05) is 20.8 Å². The summed E-state index contributed by atoms with van der Waals surface area (Å²) >= 11 is 0. The van der Waals surface area contributed by atoms with Gasteiger partial charge in [-0.25, -0.2) is 0 Å². The Morgan fingerprint density at radius 2 is 2.05 bits per heavy atom. The monoisotopic (exact) mass is 275 g/mol. The number of hydrogen-bond donors (Lipinski definition) is 0. The van der Waals surface area contributed by atoms with E-state index in [0.717, 1.165) is 30.8 Å². The maximum Gasteiger partial charge on any atom is 0.253 e. The number of carbonyl (C=O) groups excluding carboxylic acids is 1. The summed E-state index contributed by atoms with van der Waals surface area (Å²) < 4.78 is 5.64. The normalized spacial score (nSPS) is 19.2. The first kappa shape index (κ1) is 14.9. The lowest BCUT2D eigenvalue weighted by molar-refractivity contribution is 0.0683. The summed E-state index contributed by atoms with van der Waals surface area (Å²) in [5, 5.41) is 0. The molecule has 0 aliphatic carbocycles. The quantitative estimate of drug-likeness (QED) is 0.840. The van der Waals surface area contributed by atoms with Gasteiger partial charge in [-0.05, 0) is 48.9 Å². The molecule has 1 saturated heterocycles. The summed E-state index contributed by atoms with van der Waals surface area (Å²) in [6, 6.07) is 7.53. The SMILES string of the molecule is CC(C)COc1ccc(C(=O)N2CCC[C@H](C)C2)cc1. The number of benzene rings is 1. The van der Waals surface area contributed by atoms with E-state index in [0.29, 0.717) is 18.4 Å². The van der Waals surface area contributed by atoms with E-state index in [4.69, 9.17) is 4.74 Å². The molecule has 0 saturated carbocycles. The largest absolute Gasteiger partial charge is 0.493 e. The van der Waals surface area contributed by atoms with Gasteiger partial charge >= 0.3 is 0 Å². The summed E-state index contributed by atoms with van der Waals surface area (Å²) in [5.41, 5.74) is 0.760. The molecule has 0 unspecified atom stereocenters. The van der Waals surface area contributed by atoms with E-state index in [1.165, 1.54) is 6.42 Å². The van der Waals surface area contributed by atoms with Gasteiger partial charge in [0.15, 0.2) is 0 Å². The molecule has 3 heteroatoms. The minimum absolute atomic E-state index is 0.145. The van der Waals surface area contributed by atoms with E-state index in [1.54, 1.807) is 0 Å². The van der Waals surface area contributed by atoms with Crippen molar-refractivity contribution in [3.05, 3.63) is 29.8 Å². The topological polar surface area (TPSA) is 29.5 Å². The molecule has 1 atom stereocenters. The van der Waals surface area contributed by atoms with Crippen molar-refractivity contribution in [3.63, 3.8) is 0 Å². The predicted molar refractivity (Wildman–Crippen MR) is 81.1 cm³/mol. The van der Waals surface area contributed by atoms with Gasteiger partial charge in [-0.2, -0.15) is 0 Å². The van der Waals surface area contributed by atoms with Crippen LogP contribution < -0.4 is 4.74 Å². The van der Waals surface area contributed by atoms with Crippen molar-refractivity contribution in [1.29, 1.82) is 0 Å². The maximum atomic E-state index is 12.4. The van der Waals surface area contributed by atoms with Gasteiger partial charge in [0, 0.05) is 18.7 Å². The van der Waals surface area contributed by atoms with Crippen LogP contribution in [0, 0.1) is 11.8 Å². The number of hydrogen-bond acceptors (Lipinski definition) is 2. The van der Waals surface area contributed by atoms with Crippen LogP contribution >= 0.6 is 0 Å². The molecule has 0 aromatic heterocycles. The summed E-state index contributed by atoms with van der Waals surface area (Å²) in [4.78, 5) is 14.4. The zero-order valence-electron chi connectivity index (χ0n) is 12.8. The van der Waals surface area contributed by atoms with Crippen LogP contribution in [0.3, 0.4) is 0 Å². The highest BCUT2D eigenvalue weighted by Crippen LogP contribution is 2.19. The molecular formula is C17H25NO2. The predicted octanol–water partition coefficient (Wildman–Crippen LogP) is 3.59. The van der Waals surface area contributed by atoms with Crippen molar-refractivity contribution in [2.75, 3.05) is 19.7 Å². The Bertz CT molecular complexity index is 439. The molecule has 1 aliphatic rings. The van der Waals surface area contributed by atoms with E-state index in [9.17, 15) is 4.79 Å². The summed E-state index contributed by atoms with van der Waals surface area (Å²) in [6.45, 7) is 8.92. The van der Waals surface area contributed by atoms with E-state index in [-0.39, 0.29) is 5.91 Å². The molecule has 1 heterocycles. The van der Waals surface area contributed by atoms with Crippen molar-refractivity contribution < 1.29 is 9.53 Å². The number of piperidine rings is 1. The van der Waals surface area contributed by atoms with Gasteiger partial charge in [0.05, 0.1) is 6.61 Å². The van der Waals surface area contributed by atoms with Crippen molar-refractivity contribution in [2.45, 2.75) is 33.6 Å². The van der Waals surface area contributed by atoms with Crippen LogP contribution in [0.1, 0.15) is 44.0 Å². The molecule has 1 aromatic carbocycles. The van der Waals surface area contributed by atoms with E-state index in [1.807, 2.05) is 29.2 Å². The number of rotatable bonds is 4. The van der Waals surface area contributed by atoms with Crippen molar-refractivity contribution in [1.82, 2.24) is 4.90 Å². The number of amides is 1. The molecule has 110 valence electrons. The Labute approximate surface area is 121 Å². The Morgan fingerprint density at radius 3 is 2.65 bits per heavy atom. The van der Waals surface area contributed by atoms with Crippen LogP contribution in [0.15, 0.2) is 24.3 Å². The lowest BCUT2D eigenvalue weighted by Gasteiger charge is -2.31. The fourth-order valence-corrected chi connectivity index (χ4v) is 2.51. The molecule has 1 aliphatic heterocycles. The summed E-state index contributed by atoms with van der Waals surface area (Å²) in [5.74, 6) is 2.10. The first-order chi connectivity index (χ1) is 9.56. The second kappa shape index (κ2) is 6.78. The Balaban J connectivity index is 1.96.